The minimum atomic E-state index is -0.205. The van der Waals surface area contributed by atoms with E-state index in [1.807, 2.05) is 19.1 Å². The minimum Gasteiger partial charge on any atom is -0.346 e. The van der Waals surface area contributed by atoms with Crippen LogP contribution in [0.2, 0.25) is 0 Å². The van der Waals surface area contributed by atoms with E-state index in [1.165, 1.54) is 10.1 Å². The predicted octanol–water partition coefficient (Wildman–Crippen LogP) is 4.30. The molecule has 0 aliphatic heterocycles. The molecule has 0 bridgehead atoms. The Hall–Kier alpha value is -2.99. The quantitative estimate of drug-likeness (QED) is 0.485. The fraction of sp³-hybridized carbons (Fsp3) is 0.227. The molecule has 6 heteroatoms. The van der Waals surface area contributed by atoms with Crippen molar-refractivity contribution in [3.63, 3.8) is 0 Å². The minimum absolute atomic E-state index is 0.131. The van der Waals surface area contributed by atoms with Crippen molar-refractivity contribution >= 4 is 29.0 Å². The zero-order chi connectivity index (χ0) is 20.3. The second-order valence-corrected chi connectivity index (χ2v) is 7.07. The van der Waals surface area contributed by atoms with Crippen molar-refractivity contribution in [2.45, 2.75) is 32.9 Å². The first-order chi connectivity index (χ1) is 13.4. The van der Waals surface area contributed by atoms with Gasteiger partial charge in [0.25, 0.3) is 11.5 Å². The van der Waals surface area contributed by atoms with Crippen molar-refractivity contribution in [3.05, 3.63) is 86.9 Å². The molecule has 0 spiro atoms. The smallest absolute Gasteiger partial charge is 0.262 e. The molecule has 0 aliphatic carbocycles. The Labute approximate surface area is 168 Å². The first-order valence-corrected chi connectivity index (χ1v) is 9.63. The number of aromatic amines is 1. The number of allylic oxidation sites excluding steroid dienone is 1. The molecule has 1 aromatic heterocycles. The van der Waals surface area contributed by atoms with Gasteiger partial charge in [-0.1, -0.05) is 37.3 Å². The molecule has 1 amide bonds. The third-order valence-electron chi connectivity index (χ3n) is 4.79. The van der Waals surface area contributed by atoms with Gasteiger partial charge in [0.2, 0.25) is 0 Å². The highest BCUT2D eigenvalue weighted by Gasteiger charge is 2.13. The van der Waals surface area contributed by atoms with E-state index >= 15 is 0 Å². The largest absolute Gasteiger partial charge is 0.346 e. The molecule has 28 heavy (non-hydrogen) atoms. The fourth-order valence-electron chi connectivity index (χ4n) is 3.10. The Morgan fingerprint density at radius 1 is 1.29 bits per heavy atom. The molecule has 3 rings (SSSR count). The number of amides is 1. The first-order valence-electron chi connectivity index (χ1n) is 9.22. The highest BCUT2D eigenvalue weighted by molar-refractivity contribution is 7.71. The molecular formula is C22H23N3O2S. The summed E-state index contributed by atoms with van der Waals surface area (Å²) in [5, 5.41) is 3.48. The number of rotatable bonds is 6. The molecule has 3 aromatic rings. The number of fused-ring (bicyclic) bond motifs is 1. The van der Waals surface area contributed by atoms with E-state index in [0.29, 0.717) is 27.8 Å². The van der Waals surface area contributed by atoms with E-state index in [9.17, 15) is 9.59 Å². The summed E-state index contributed by atoms with van der Waals surface area (Å²) in [6.45, 7) is 8.03. The summed E-state index contributed by atoms with van der Waals surface area (Å²) < 4.78 is 1.74. The van der Waals surface area contributed by atoms with Crippen molar-refractivity contribution in [1.82, 2.24) is 14.9 Å². The van der Waals surface area contributed by atoms with Crippen molar-refractivity contribution in [1.29, 1.82) is 0 Å². The number of carbonyl (C=O) groups is 1. The van der Waals surface area contributed by atoms with E-state index in [4.69, 9.17) is 12.2 Å². The van der Waals surface area contributed by atoms with Gasteiger partial charge >= 0.3 is 0 Å². The fourth-order valence-corrected chi connectivity index (χ4v) is 3.36. The predicted molar refractivity (Wildman–Crippen MR) is 115 cm³/mol. The molecule has 0 radical (unpaired) electrons. The average Bonchev–Trinajstić information content (AvgIpc) is 2.70. The first kappa shape index (κ1) is 19.8. The molecule has 1 atom stereocenters. The van der Waals surface area contributed by atoms with Crippen LogP contribution in [0.15, 0.2) is 59.9 Å². The second-order valence-electron chi connectivity index (χ2n) is 6.69. The lowest BCUT2D eigenvalue weighted by molar-refractivity contribution is 0.0940. The van der Waals surface area contributed by atoms with Crippen LogP contribution in [0.1, 0.15) is 41.4 Å². The second kappa shape index (κ2) is 8.35. The summed E-state index contributed by atoms with van der Waals surface area (Å²) >= 11 is 5.25. The average molecular weight is 394 g/mol. The van der Waals surface area contributed by atoms with E-state index < -0.39 is 0 Å². The SMILES string of the molecule is C=CCn1c(=S)[nH]c2cc(C(=O)NC(C)c3ccc(CC)cc3)ccc2c1=O. The normalized spacial score (nSPS) is 11.9. The van der Waals surface area contributed by atoms with Gasteiger partial charge in [-0.05, 0) is 54.9 Å². The number of hydrogen-bond donors (Lipinski definition) is 2. The standard InChI is InChI=1S/C22H23N3O2S/c1-4-12-25-21(27)18-11-10-17(13-19(18)24-22(25)28)20(26)23-14(3)16-8-6-15(5-2)7-9-16/h4,6-11,13-14H,1,5,12H2,2-3H3,(H,23,26)(H,24,28). The van der Waals surface area contributed by atoms with Gasteiger partial charge in [0.1, 0.15) is 0 Å². The molecule has 2 aromatic carbocycles. The van der Waals surface area contributed by atoms with Crippen LogP contribution in [0.4, 0.5) is 0 Å². The van der Waals surface area contributed by atoms with Crippen LogP contribution in [-0.4, -0.2) is 15.5 Å². The zero-order valence-electron chi connectivity index (χ0n) is 16.0. The van der Waals surface area contributed by atoms with E-state index in [2.05, 4.69) is 35.9 Å². The van der Waals surface area contributed by atoms with Crippen LogP contribution < -0.4 is 10.9 Å². The molecule has 5 nitrogen and oxygen atoms in total. The van der Waals surface area contributed by atoms with Crippen LogP contribution in [0.3, 0.4) is 0 Å². The van der Waals surface area contributed by atoms with Gasteiger partial charge in [0, 0.05) is 12.1 Å². The summed E-state index contributed by atoms with van der Waals surface area (Å²) in [6.07, 6.45) is 2.60. The molecule has 0 fully saturated rings. The molecule has 0 saturated heterocycles. The van der Waals surface area contributed by atoms with Gasteiger partial charge < -0.3 is 10.3 Å². The summed E-state index contributed by atoms with van der Waals surface area (Å²) in [4.78, 5) is 28.3. The summed E-state index contributed by atoms with van der Waals surface area (Å²) in [5.41, 5.74) is 3.11. The number of carbonyl (C=O) groups excluding carboxylic acids is 1. The summed E-state index contributed by atoms with van der Waals surface area (Å²) in [7, 11) is 0. The Morgan fingerprint density at radius 3 is 2.64 bits per heavy atom. The molecular weight excluding hydrogens is 370 g/mol. The van der Waals surface area contributed by atoms with Crippen molar-refractivity contribution in [2.75, 3.05) is 0 Å². The number of aryl methyl sites for hydroxylation is 1. The Balaban J connectivity index is 1.87. The topological polar surface area (TPSA) is 66.9 Å². The maximum atomic E-state index is 12.7. The number of H-pyrrole nitrogens is 1. The molecule has 144 valence electrons. The summed E-state index contributed by atoms with van der Waals surface area (Å²) in [5.74, 6) is -0.205. The third kappa shape index (κ3) is 3.97. The van der Waals surface area contributed by atoms with Gasteiger partial charge in [0.15, 0.2) is 4.77 Å². The van der Waals surface area contributed by atoms with Crippen LogP contribution in [0.5, 0.6) is 0 Å². The van der Waals surface area contributed by atoms with E-state index in [1.54, 1.807) is 24.3 Å². The van der Waals surface area contributed by atoms with Gasteiger partial charge in [-0.2, -0.15) is 0 Å². The number of benzene rings is 2. The van der Waals surface area contributed by atoms with E-state index in [0.717, 1.165) is 12.0 Å². The lowest BCUT2D eigenvalue weighted by Crippen LogP contribution is -2.27. The van der Waals surface area contributed by atoms with Crippen molar-refractivity contribution in [3.8, 4) is 0 Å². The van der Waals surface area contributed by atoms with Gasteiger partial charge in [-0.25, -0.2) is 0 Å². The van der Waals surface area contributed by atoms with Crippen LogP contribution in [0, 0.1) is 4.77 Å². The molecule has 0 aliphatic rings. The molecule has 1 heterocycles. The molecule has 2 N–H and O–H groups in total. The monoisotopic (exact) mass is 393 g/mol. The number of nitrogens with one attached hydrogen (secondary N) is 2. The lowest BCUT2D eigenvalue weighted by atomic mass is 10.0. The highest BCUT2D eigenvalue weighted by atomic mass is 32.1. The number of aromatic nitrogens is 2. The van der Waals surface area contributed by atoms with Gasteiger partial charge in [0.05, 0.1) is 16.9 Å². The summed E-state index contributed by atoms with van der Waals surface area (Å²) in [6, 6.07) is 13.0. The molecule has 0 saturated carbocycles. The Bertz CT molecular complexity index is 1140. The number of hydrogen-bond acceptors (Lipinski definition) is 3. The number of nitrogens with zero attached hydrogens (tertiary/aromatic N) is 1. The van der Waals surface area contributed by atoms with Crippen molar-refractivity contribution in [2.24, 2.45) is 0 Å². The van der Waals surface area contributed by atoms with Crippen LogP contribution in [0.25, 0.3) is 10.9 Å². The van der Waals surface area contributed by atoms with E-state index in [-0.39, 0.29) is 17.5 Å². The lowest BCUT2D eigenvalue weighted by Gasteiger charge is -2.15. The Morgan fingerprint density at radius 2 is 2.00 bits per heavy atom. The van der Waals surface area contributed by atoms with Crippen molar-refractivity contribution < 1.29 is 4.79 Å². The maximum Gasteiger partial charge on any atom is 0.262 e. The third-order valence-corrected chi connectivity index (χ3v) is 5.11. The highest BCUT2D eigenvalue weighted by Crippen LogP contribution is 2.16. The van der Waals surface area contributed by atoms with Crippen LogP contribution >= 0.6 is 12.2 Å². The molecule has 1 unspecified atom stereocenters. The zero-order valence-corrected chi connectivity index (χ0v) is 16.8. The Kier molecular flexibility index (Phi) is 5.90. The van der Waals surface area contributed by atoms with Gasteiger partial charge in [-0.3, -0.25) is 14.2 Å². The van der Waals surface area contributed by atoms with Crippen LogP contribution in [-0.2, 0) is 13.0 Å². The van der Waals surface area contributed by atoms with Gasteiger partial charge in [-0.15, -0.1) is 6.58 Å². The maximum absolute atomic E-state index is 12.7.